The number of carbonyl (C=O) groups is 1. The number of nitrogens with zero attached hydrogens (tertiary/aromatic N) is 2. The standard InChI is InChI=1S/C16H14N2O3S.C3H3F3O2/c19-22(20,21)11-10-18-9-8-14-6-7-15(12-16(14)17-18)13-4-2-1-3-5-13;1-8-2(7)3(4,5)6/h1-9,12H,10-11H2;1H3/p+1. The van der Waals surface area contributed by atoms with Crippen molar-refractivity contribution in [3.63, 3.8) is 0 Å². The molecule has 0 atom stereocenters. The third kappa shape index (κ3) is 7.08. The van der Waals surface area contributed by atoms with Gasteiger partial charge in [-0.3, -0.25) is 4.55 Å². The zero-order valence-corrected chi connectivity index (χ0v) is 16.5. The molecule has 0 saturated heterocycles. The number of alkyl halides is 3. The van der Waals surface area contributed by atoms with Crippen molar-refractivity contribution in [2.75, 3.05) is 12.9 Å². The highest BCUT2D eigenvalue weighted by molar-refractivity contribution is 7.85. The van der Waals surface area contributed by atoms with Crippen LogP contribution in [-0.4, -0.2) is 43.1 Å². The Morgan fingerprint density at radius 1 is 1.10 bits per heavy atom. The van der Waals surface area contributed by atoms with Crippen molar-refractivity contribution in [2.24, 2.45) is 0 Å². The fourth-order valence-corrected chi connectivity index (χ4v) is 2.79. The van der Waals surface area contributed by atoms with Crippen LogP contribution in [0, 0.1) is 0 Å². The molecule has 11 heteroatoms. The Morgan fingerprint density at radius 2 is 1.77 bits per heavy atom. The van der Waals surface area contributed by atoms with Crippen LogP contribution in [0.3, 0.4) is 0 Å². The van der Waals surface area contributed by atoms with E-state index in [1.54, 1.807) is 6.20 Å². The minimum absolute atomic E-state index is 0.115. The summed E-state index contributed by atoms with van der Waals surface area (Å²) in [6.07, 6.45) is -3.15. The Hall–Kier alpha value is -3.05. The van der Waals surface area contributed by atoms with Gasteiger partial charge < -0.3 is 4.74 Å². The molecule has 160 valence electrons. The maximum atomic E-state index is 11.0. The van der Waals surface area contributed by atoms with E-state index in [-0.39, 0.29) is 12.3 Å². The molecule has 0 amide bonds. The van der Waals surface area contributed by atoms with Gasteiger partial charge in [-0.15, -0.1) is 0 Å². The molecule has 3 aromatic rings. The summed E-state index contributed by atoms with van der Waals surface area (Å²) in [5, 5.41) is 5.38. The summed E-state index contributed by atoms with van der Waals surface area (Å²) in [6.45, 7) is 0.115. The third-order valence-electron chi connectivity index (χ3n) is 3.80. The van der Waals surface area contributed by atoms with E-state index >= 15 is 0 Å². The molecule has 0 bridgehead atoms. The molecule has 7 nitrogen and oxygen atoms in total. The molecule has 2 aromatic carbocycles. The van der Waals surface area contributed by atoms with Crippen molar-refractivity contribution in [3.8, 4) is 11.1 Å². The van der Waals surface area contributed by atoms with Crippen molar-refractivity contribution in [1.29, 1.82) is 0 Å². The number of ether oxygens (including phenoxy) is 1. The number of methoxy groups -OCH3 is 1. The smallest absolute Gasteiger partial charge is 0.462 e. The Balaban J connectivity index is 0.000000343. The van der Waals surface area contributed by atoms with Gasteiger partial charge >= 0.3 is 12.1 Å². The number of hydrogen-bond donors (Lipinski definition) is 1. The van der Waals surface area contributed by atoms with E-state index in [0.29, 0.717) is 7.11 Å². The summed E-state index contributed by atoms with van der Waals surface area (Å²) in [6, 6.07) is 17.8. The highest BCUT2D eigenvalue weighted by Gasteiger charge is 2.40. The van der Waals surface area contributed by atoms with Crippen LogP contribution in [0.2, 0.25) is 0 Å². The first kappa shape index (κ1) is 23.2. The van der Waals surface area contributed by atoms with Gasteiger partial charge in [0.1, 0.15) is 11.3 Å². The van der Waals surface area contributed by atoms with E-state index in [1.165, 1.54) is 4.68 Å². The van der Waals surface area contributed by atoms with Gasteiger partial charge in [0.25, 0.3) is 10.1 Å². The van der Waals surface area contributed by atoms with Gasteiger partial charge in [0, 0.05) is 16.6 Å². The molecule has 30 heavy (non-hydrogen) atoms. The van der Waals surface area contributed by atoms with Crippen molar-refractivity contribution >= 4 is 27.0 Å². The van der Waals surface area contributed by atoms with Crippen LogP contribution in [0.4, 0.5) is 13.2 Å². The molecule has 1 aromatic heterocycles. The van der Waals surface area contributed by atoms with E-state index < -0.39 is 22.3 Å². The van der Waals surface area contributed by atoms with E-state index in [9.17, 15) is 26.4 Å². The first-order valence-corrected chi connectivity index (χ1v) is 10.1. The predicted molar refractivity (Wildman–Crippen MR) is 102 cm³/mol. The largest absolute Gasteiger partial charge is 0.490 e. The second-order valence-corrected chi connectivity index (χ2v) is 7.57. The predicted octanol–water partition coefficient (Wildman–Crippen LogP) is 2.80. The highest BCUT2D eigenvalue weighted by atomic mass is 32.2. The molecule has 0 saturated carbocycles. The maximum absolute atomic E-state index is 11.0. The van der Waals surface area contributed by atoms with Gasteiger partial charge in [-0.1, -0.05) is 47.1 Å². The molecule has 0 fully saturated rings. The summed E-state index contributed by atoms with van der Waals surface area (Å²) in [5.41, 5.74) is 2.92. The average molecular weight is 443 g/mol. The summed E-state index contributed by atoms with van der Waals surface area (Å²) in [7, 11) is -3.31. The number of esters is 1. The number of carbonyl (C=O) groups excluding carboxylic acids is 1. The van der Waals surface area contributed by atoms with Gasteiger partial charge in [-0.25, -0.2) is 4.79 Å². The Labute approximate surface area is 170 Å². The number of aryl methyl sites for hydroxylation is 1. The van der Waals surface area contributed by atoms with Crippen LogP contribution in [0.25, 0.3) is 22.0 Å². The second-order valence-electron chi connectivity index (χ2n) is 5.99. The molecule has 1 N–H and O–H groups in total. The van der Waals surface area contributed by atoms with E-state index in [1.807, 2.05) is 54.6 Å². The van der Waals surface area contributed by atoms with Crippen molar-refractivity contribution in [2.45, 2.75) is 12.7 Å². The summed E-state index contributed by atoms with van der Waals surface area (Å²) >= 11 is 0. The van der Waals surface area contributed by atoms with E-state index in [2.05, 4.69) is 9.84 Å². The number of fused-ring (bicyclic) bond motifs is 1. The fourth-order valence-electron chi connectivity index (χ4n) is 2.37. The lowest BCUT2D eigenvalue weighted by atomic mass is 10.0. The highest BCUT2D eigenvalue weighted by Crippen LogP contribution is 2.22. The SMILES string of the molecule is COC(=O)C(F)(F)F.O=S(=O)(O)CC[n+]1ccc2ccc(-c3ccccc3)cc2n1. The summed E-state index contributed by atoms with van der Waals surface area (Å²) < 4.78 is 68.3. The van der Waals surface area contributed by atoms with Gasteiger partial charge in [-0.05, 0) is 17.2 Å². The zero-order chi connectivity index (χ0) is 22.4. The molecular formula is C19H18F3N2O5S+. The van der Waals surface area contributed by atoms with Crippen LogP contribution in [0.15, 0.2) is 60.8 Å². The normalized spacial score (nSPS) is 11.5. The van der Waals surface area contributed by atoms with Gasteiger partial charge in [-0.2, -0.15) is 21.6 Å². The lowest BCUT2D eigenvalue weighted by Gasteiger charge is -2.02. The monoisotopic (exact) mass is 443 g/mol. The molecule has 0 unspecified atom stereocenters. The number of aromatic nitrogens is 2. The number of halogens is 3. The lowest BCUT2D eigenvalue weighted by Crippen LogP contribution is -2.40. The topological polar surface area (TPSA) is 97.4 Å². The minimum Gasteiger partial charge on any atom is -0.462 e. The Morgan fingerprint density at radius 3 is 2.30 bits per heavy atom. The van der Waals surface area contributed by atoms with Crippen LogP contribution >= 0.6 is 0 Å². The summed E-state index contributed by atoms with van der Waals surface area (Å²) in [4.78, 5) is 9.49. The van der Waals surface area contributed by atoms with Crippen LogP contribution in [0.1, 0.15) is 0 Å². The van der Waals surface area contributed by atoms with Crippen molar-refractivity contribution in [1.82, 2.24) is 5.10 Å². The van der Waals surface area contributed by atoms with Crippen LogP contribution < -0.4 is 4.68 Å². The molecule has 0 aliphatic heterocycles. The van der Waals surface area contributed by atoms with E-state index in [0.717, 1.165) is 22.0 Å². The molecule has 0 aliphatic rings. The number of hydrogen-bond acceptors (Lipinski definition) is 5. The van der Waals surface area contributed by atoms with Crippen molar-refractivity contribution < 1.29 is 40.4 Å². The summed E-state index contributed by atoms with van der Waals surface area (Å²) in [5.74, 6) is -2.52. The molecule has 3 rings (SSSR count). The first-order chi connectivity index (χ1) is 14.0. The third-order valence-corrected chi connectivity index (χ3v) is 4.49. The Kier molecular flexibility index (Phi) is 7.46. The average Bonchev–Trinajstić information content (AvgIpc) is 2.71. The molecular weight excluding hydrogens is 425 g/mol. The van der Waals surface area contributed by atoms with Crippen molar-refractivity contribution in [3.05, 3.63) is 60.8 Å². The molecule has 0 radical (unpaired) electrons. The lowest BCUT2D eigenvalue weighted by molar-refractivity contribution is -0.747. The van der Waals surface area contributed by atoms with Crippen LogP contribution in [-0.2, 0) is 26.2 Å². The number of rotatable bonds is 4. The number of benzene rings is 2. The maximum Gasteiger partial charge on any atom is 0.490 e. The fraction of sp³-hybridized carbons (Fsp3) is 0.211. The van der Waals surface area contributed by atoms with Crippen LogP contribution in [0.5, 0.6) is 0 Å². The van der Waals surface area contributed by atoms with Gasteiger partial charge in [0.2, 0.25) is 0 Å². The molecule has 1 heterocycles. The zero-order valence-electron chi connectivity index (χ0n) is 15.7. The van der Waals surface area contributed by atoms with Gasteiger partial charge in [0.05, 0.1) is 7.11 Å². The molecule has 0 spiro atoms. The first-order valence-electron chi connectivity index (χ1n) is 8.46. The van der Waals surface area contributed by atoms with E-state index in [4.69, 9.17) is 4.55 Å². The quantitative estimate of drug-likeness (QED) is 0.378. The Bertz CT molecular complexity index is 1120. The second kappa shape index (κ2) is 9.63. The minimum atomic E-state index is -4.85. The molecule has 0 aliphatic carbocycles. The van der Waals surface area contributed by atoms with Gasteiger partial charge in [0.15, 0.2) is 12.7 Å².